The number of nitrogens with one attached hydrogen (secondary N) is 2. The molecular weight excluding hydrogens is 318 g/mol. The molecule has 0 saturated carbocycles. The van der Waals surface area contributed by atoms with Crippen LogP contribution in [0, 0.1) is 0 Å². The first-order chi connectivity index (χ1) is 12.2. The predicted molar refractivity (Wildman–Crippen MR) is 93.9 cm³/mol. The van der Waals surface area contributed by atoms with Crippen molar-refractivity contribution in [3.05, 3.63) is 59.7 Å². The summed E-state index contributed by atoms with van der Waals surface area (Å²) in [6, 6.07) is 14.7. The Morgan fingerprint density at radius 2 is 1.96 bits per heavy atom. The normalized spacial score (nSPS) is 19.0. The van der Waals surface area contributed by atoms with Crippen molar-refractivity contribution in [1.29, 1.82) is 0 Å². The summed E-state index contributed by atoms with van der Waals surface area (Å²) >= 11 is 0. The van der Waals surface area contributed by atoms with Crippen LogP contribution in [0.25, 0.3) is 0 Å². The second kappa shape index (κ2) is 6.47. The number of para-hydroxylation sites is 1. The molecule has 3 amide bonds. The number of benzene rings is 2. The van der Waals surface area contributed by atoms with Crippen molar-refractivity contribution in [2.24, 2.45) is 0 Å². The van der Waals surface area contributed by atoms with Crippen LogP contribution in [-0.2, 0) is 0 Å². The third kappa shape index (κ3) is 3.03. The second-order valence-corrected chi connectivity index (χ2v) is 6.13. The van der Waals surface area contributed by atoms with Gasteiger partial charge in [-0.05, 0) is 30.3 Å². The molecule has 128 valence electrons. The standard InChI is InChI=1S/C19H19N3O3/c23-18(21-16-9-12-25-17-4-2-1-3-15(16)17)13-5-7-14(8-6-13)22-11-10-20-19(22)24/h1-8,16H,9-12H2,(H,20,24)(H,21,23). The van der Waals surface area contributed by atoms with Gasteiger partial charge in [-0.3, -0.25) is 9.69 Å². The molecule has 2 aliphatic rings. The molecule has 2 aliphatic heterocycles. The van der Waals surface area contributed by atoms with Crippen LogP contribution in [0.2, 0.25) is 0 Å². The van der Waals surface area contributed by atoms with Crippen LogP contribution in [0.15, 0.2) is 48.5 Å². The largest absolute Gasteiger partial charge is 0.493 e. The van der Waals surface area contributed by atoms with Crippen molar-refractivity contribution in [1.82, 2.24) is 10.6 Å². The number of fused-ring (bicyclic) bond motifs is 1. The van der Waals surface area contributed by atoms with E-state index in [0.717, 1.165) is 23.4 Å². The van der Waals surface area contributed by atoms with Crippen molar-refractivity contribution in [3.63, 3.8) is 0 Å². The Morgan fingerprint density at radius 1 is 1.16 bits per heavy atom. The summed E-state index contributed by atoms with van der Waals surface area (Å²) in [5.41, 5.74) is 2.38. The summed E-state index contributed by atoms with van der Waals surface area (Å²) in [6.45, 7) is 1.87. The van der Waals surface area contributed by atoms with Crippen LogP contribution in [0.1, 0.15) is 28.4 Å². The maximum absolute atomic E-state index is 12.6. The van der Waals surface area contributed by atoms with Gasteiger partial charge in [-0.2, -0.15) is 0 Å². The number of hydrogen-bond acceptors (Lipinski definition) is 3. The fourth-order valence-corrected chi connectivity index (χ4v) is 3.24. The lowest BCUT2D eigenvalue weighted by atomic mass is 10.00. The van der Waals surface area contributed by atoms with Crippen molar-refractivity contribution in [3.8, 4) is 5.75 Å². The van der Waals surface area contributed by atoms with Crippen LogP contribution < -0.4 is 20.3 Å². The van der Waals surface area contributed by atoms with Crippen molar-refractivity contribution in [2.75, 3.05) is 24.6 Å². The third-order valence-corrected chi connectivity index (χ3v) is 4.56. The highest BCUT2D eigenvalue weighted by atomic mass is 16.5. The Bertz CT molecular complexity index is 804. The third-order valence-electron chi connectivity index (χ3n) is 4.56. The molecule has 0 aromatic heterocycles. The number of carbonyl (C=O) groups is 2. The molecule has 0 spiro atoms. The zero-order valence-corrected chi connectivity index (χ0v) is 13.7. The quantitative estimate of drug-likeness (QED) is 0.904. The van der Waals surface area contributed by atoms with Gasteiger partial charge in [-0.1, -0.05) is 18.2 Å². The van der Waals surface area contributed by atoms with E-state index < -0.39 is 0 Å². The Kier molecular flexibility index (Phi) is 4.01. The van der Waals surface area contributed by atoms with Crippen molar-refractivity contribution in [2.45, 2.75) is 12.5 Å². The molecule has 2 aromatic carbocycles. The topological polar surface area (TPSA) is 70.7 Å². The Morgan fingerprint density at radius 3 is 2.72 bits per heavy atom. The van der Waals surface area contributed by atoms with E-state index in [2.05, 4.69) is 10.6 Å². The number of hydrogen-bond donors (Lipinski definition) is 2. The average Bonchev–Trinajstić information content (AvgIpc) is 3.08. The molecule has 1 atom stereocenters. The van der Waals surface area contributed by atoms with Gasteiger partial charge in [0.15, 0.2) is 0 Å². The molecule has 2 heterocycles. The molecule has 0 bridgehead atoms. The molecule has 1 saturated heterocycles. The number of anilines is 1. The van der Waals surface area contributed by atoms with Crippen LogP contribution >= 0.6 is 0 Å². The van der Waals surface area contributed by atoms with E-state index in [0.29, 0.717) is 25.3 Å². The zero-order valence-electron chi connectivity index (χ0n) is 13.7. The first-order valence-corrected chi connectivity index (χ1v) is 8.40. The van der Waals surface area contributed by atoms with Crippen LogP contribution in [0.3, 0.4) is 0 Å². The Balaban J connectivity index is 1.48. The summed E-state index contributed by atoms with van der Waals surface area (Å²) in [7, 11) is 0. The highest BCUT2D eigenvalue weighted by molar-refractivity contribution is 5.97. The molecule has 6 nitrogen and oxygen atoms in total. The van der Waals surface area contributed by atoms with Crippen molar-refractivity contribution < 1.29 is 14.3 Å². The maximum atomic E-state index is 12.6. The first kappa shape index (κ1) is 15.5. The summed E-state index contributed by atoms with van der Waals surface area (Å²) in [5, 5.41) is 5.84. The van der Waals surface area contributed by atoms with Crippen LogP contribution in [-0.4, -0.2) is 31.6 Å². The SMILES string of the molecule is O=C(NC1CCOc2ccccc21)c1ccc(N2CCNC2=O)cc1. The number of rotatable bonds is 3. The first-order valence-electron chi connectivity index (χ1n) is 8.40. The highest BCUT2D eigenvalue weighted by Gasteiger charge is 2.24. The van der Waals surface area contributed by atoms with Gasteiger partial charge in [0.25, 0.3) is 5.91 Å². The minimum absolute atomic E-state index is 0.0542. The Hall–Kier alpha value is -3.02. The van der Waals surface area contributed by atoms with Gasteiger partial charge in [0, 0.05) is 36.3 Å². The predicted octanol–water partition coefficient (Wildman–Crippen LogP) is 2.47. The summed E-state index contributed by atoms with van der Waals surface area (Å²) < 4.78 is 5.63. The molecule has 2 N–H and O–H groups in total. The summed E-state index contributed by atoms with van der Waals surface area (Å²) in [5.74, 6) is 0.702. The highest BCUT2D eigenvalue weighted by Crippen LogP contribution is 2.31. The number of nitrogens with zero attached hydrogens (tertiary/aromatic N) is 1. The van der Waals surface area contributed by atoms with E-state index in [-0.39, 0.29) is 18.0 Å². The number of urea groups is 1. The molecule has 0 aliphatic carbocycles. The summed E-state index contributed by atoms with van der Waals surface area (Å²) in [6.07, 6.45) is 0.745. The zero-order chi connectivity index (χ0) is 17.2. The van der Waals surface area contributed by atoms with E-state index >= 15 is 0 Å². The Labute approximate surface area is 145 Å². The van der Waals surface area contributed by atoms with Crippen LogP contribution in [0.4, 0.5) is 10.5 Å². The molecule has 6 heteroatoms. The van der Waals surface area contributed by atoms with Gasteiger partial charge in [0.2, 0.25) is 0 Å². The van der Waals surface area contributed by atoms with Gasteiger partial charge in [-0.15, -0.1) is 0 Å². The maximum Gasteiger partial charge on any atom is 0.321 e. The lowest BCUT2D eigenvalue weighted by Crippen LogP contribution is -2.32. The van der Waals surface area contributed by atoms with Gasteiger partial charge in [0.1, 0.15) is 5.75 Å². The molecule has 25 heavy (non-hydrogen) atoms. The number of carbonyl (C=O) groups excluding carboxylic acids is 2. The minimum Gasteiger partial charge on any atom is -0.493 e. The molecule has 1 unspecified atom stereocenters. The minimum atomic E-state index is -0.126. The molecular formula is C19H19N3O3. The van der Waals surface area contributed by atoms with Crippen LogP contribution in [0.5, 0.6) is 5.75 Å². The van der Waals surface area contributed by atoms with E-state index in [4.69, 9.17) is 4.74 Å². The fraction of sp³-hybridized carbons (Fsp3) is 0.263. The van der Waals surface area contributed by atoms with Crippen molar-refractivity contribution >= 4 is 17.6 Å². The summed E-state index contributed by atoms with van der Waals surface area (Å²) in [4.78, 5) is 25.9. The molecule has 2 aromatic rings. The van der Waals surface area contributed by atoms with Gasteiger partial charge >= 0.3 is 6.03 Å². The molecule has 4 rings (SSSR count). The van der Waals surface area contributed by atoms with E-state index in [9.17, 15) is 9.59 Å². The lowest BCUT2D eigenvalue weighted by molar-refractivity contribution is 0.0925. The lowest BCUT2D eigenvalue weighted by Gasteiger charge is -2.26. The van der Waals surface area contributed by atoms with E-state index in [1.54, 1.807) is 29.2 Å². The molecule has 1 fully saturated rings. The van der Waals surface area contributed by atoms with Gasteiger partial charge in [-0.25, -0.2) is 4.79 Å². The van der Waals surface area contributed by atoms with Gasteiger partial charge < -0.3 is 15.4 Å². The molecule has 0 radical (unpaired) electrons. The fourth-order valence-electron chi connectivity index (χ4n) is 3.24. The van der Waals surface area contributed by atoms with E-state index in [1.807, 2.05) is 24.3 Å². The number of amides is 3. The average molecular weight is 337 g/mol. The van der Waals surface area contributed by atoms with E-state index in [1.165, 1.54) is 0 Å². The smallest absolute Gasteiger partial charge is 0.321 e. The van der Waals surface area contributed by atoms with Gasteiger partial charge in [0.05, 0.1) is 12.6 Å². The second-order valence-electron chi connectivity index (χ2n) is 6.13. The number of ether oxygens (including phenoxy) is 1. The monoisotopic (exact) mass is 337 g/mol.